The van der Waals surface area contributed by atoms with Crippen LogP contribution in [0.4, 0.5) is 0 Å². The smallest absolute Gasteiger partial charge is 0.0788 e. The zero-order valence-corrected chi connectivity index (χ0v) is 22.1. The van der Waals surface area contributed by atoms with Crippen LogP contribution in [0.25, 0.3) is 82.2 Å². The Kier molecular flexibility index (Phi) is 3.93. The zero-order valence-electron chi connectivity index (χ0n) is 22.1. The van der Waals surface area contributed by atoms with Crippen molar-refractivity contribution in [2.24, 2.45) is 0 Å². The Morgan fingerprint density at radius 1 is 0.366 bits per heavy atom. The largest absolute Gasteiger partial charge is 0.313 e. The number of rotatable bonds is 2. The number of nitrogens with zero attached hydrogens (tertiary/aromatic N) is 3. The van der Waals surface area contributed by atoms with E-state index < -0.39 is 0 Å². The van der Waals surface area contributed by atoms with Crippen molar-refractivity contribution in [1.29, 1.82) is 0 Å². The number of hydrogen-bond acceptors (Lipinski definition) is 0. The lowest BCUT2D eigenvalue weighted by Gasteiger charge is -2.09. The van der Waals surface area contributed by atoms with Gasteiger partial charge in [0.25, 0.3) is 0 Å². The number of hydrogen-bond donors (Lipinski definition) is 0. The third kappa shape index (κ3) is 2.59. The Morgan fingerprint density at radius 3 is 1.61 bits per heavy atom. The molecule has 3 heteroatoms. The molecule has 0 N–H and O–H groups in total. The van der Waals surface area contributed by atoms with Crippen LogP contribution < -0.4 is 0 Å². The van der Waals surface area contributed by atoms with E-state index in [2.05, 4.69) is 153 Å². The van der Waals surface area contributed by atoms with Gasteiger partial charge in [-0.15, -0.1) is 0 Å². The lowest BCUT2D eigenvalue weighted by Crippen LogP contribution is -1.94. The summed E-state index contributed by atoms with van der Waals surface area (Å²) in [6.07, 6.45) is 2.26. The summed E-state index contributed by atoms with van der Waals surface area (Å²) < 4.78 is 7.35. The lowest BCUT2D eigenvalue weighted by atomic mass is 10.0. The van der Waals surface area contributed by atoms with Crippen molar-refractivity contribution in [1.82, 2.24) is 13.5 Å². The summed E-state index contributed by atoms with van der Waals surface area (Å²) in [6, 6.07) is 48.5. The highest BCUT2D eigenvalue weighted by atomic mass is 15.0. The van der Waals surface area contributed by atoms with Gasteiger partial charge in [-0.25, -0.2) is 0 Å². The highest BCUT2D eigenvalue weighted by Gasteiger charge is 2.24. The minimum absolute atomic E-state index is 1.18. The topological polar surface area (TPSA) is 14.3 Å². The second-order valence-corrected chi connectivity index (χ2v) is 11.0. The molecule has 0 saturated heterocycles. The molecule has 0 fully saturated rings. The van der Waals surface area contributed by atoms with E-state index in [0.717, 1.165) is 0 Å². The standard InChI is InChI=1S/C38H23N3/c1-3-11-25(12-4-1)40-33-18-10-8-16-28(33)31-23-24-21-22-39-35(24)34(36(31)40)30-20-19-29-27-15-7-9-17-32(27)41(38(29)37(30)39)26-13-5-2-6-14-26/h1-23H. The van der Waals surface area contributed by atoms with E-state index in [1.54, 1.807) is 0 Å². The number of aromatic nitrogens is 3. The first kappa shape index (κ1) is 21.3. The fourth-order valence-electron chi connectivity index (χ4n) is 7.37. The van der Waals surface area contributed by atoms with Gasteiger partial charge in [0.15, 0.2) is 0 Å². The summed E-state index contributed by atoms with van der Waals surface area (Å²) in [5.41, 5.74) is 9.87. The number of para-hydroxylation sites is 4. The Labute approximate surface area is 235 Å². The van der Waals surface area contributed by atoms with Crippen LogP contribution in [-0.2, 0) is 0 Å². The number of fused-ring (bicyclic) bond motifs is 11. The van der Waals surface area contributed by atoms with Crippen LogP contribution in [0.1, 0.15) is 0 Å². The van der Waals surface area contributed by atoms with Crippen LogP contribution in [-0.4, -0.2) is 13.5 Å². The number of benzene rings is 6. The maximum Gasteiger partial charge on any atom is 0.0788 e. The molecule has 0 aliphatic carbocycles. The normalized spacial score (nSPS) is 12.4. The molecular weight excluding hydrogens is 498 g/mol. The second kappa shape index (κ2) is 7.56. The molecule has 0 aliphatic heterocycles. The van der Waals surface area contributed by atoms with Crippen LogP contribution in [0.15, 0.2) is 140 Å². The first-order chi connectivity index (χ1) is 20.4. The Hall–Kier alpha value is -5.54. The van der Waals surface area contributed by atoms with Crippen LogP contribution in [0.2, 0.25) is 0 Å². The molecule has 3 nitrogen and oxygen atoms in total. The molecule has 0 saturated carbocycles. The van der Waals surface area contributed by atoms with E-state index in [-0.39, 0.29) is 0 Å². The maximum absolute atomic E-state index is 2.46. The molecule has 0 radical (unpaired) electrons. The maximum atomic E-state index is 2.46. The molecule has 0 atom stereocenters. The average molecular weight is 522 g/mol. The predicted octanol–water partition coefficient (Wildman–Crippen LogP) is 9.88. The molecule has 190 valence electrons. The predicted molar refractivity (Wildman–Crippen MR) is 172 cm³/mol. The van der Waals surface area contributed by atoms with Crippen LogP contribution in [0.3, 0.4) is 0 Å². The van der Waals surface area contributed by atoms with Crippen molar-refractivity contribution in [3.05, 3.63) is 140 Å². The van der Waals surface area contributed by atoms with Gasteiger partial charge in [-0.05, 0) is 48.5 Å². The SMILES string of the molecule is c1ccc(-n2c3ccccc3c3cc4ccn5c4c(c4ccc6c7ccccc7n(-c7ccccc7)c6c45)c32)cc1. The summed E-state index contributed by atoms with van der Waals surface area (Å²) in [7, 11) is 0. The van der Waals surface area contributed by atoms with Gasteiger partial charge in [0.2, 0.25) is 0 Å². The summed E-state index contributed by atoms with van der Waals surface area (Å²) in [6.45, 7) is 0. The quantitative estimate of drug-likeness (QED) is 0.215. The van der Waals surface area contributed by atoms with E-state index in [9.17, 15) is 0 Å². The van der Waals surface area contributed by atoms with Crippen molar-refractivity contribution >= 4 is 70.8 Å². The summed E-state index contributed by atoms with van der Waals surface area (Å²) in [5.74, 6) is 0. The van der Waals surface area contributed by atoms with E-state index in [1.807, 2.05) is 0 Å². The second-order valence-electron chi connectivity index (χ2n) is 11.0. The van der Waals surface area contributed by atoms with Gasteiger partial charge in [-0.1, -0.05) is 84.9 Å². The van der Waals surface area contributed by atoms with E-state index >= 15 is 0 Å². The summed E-state index contributed by atoms with van der Waals surface area (Å²) >= 11 is 0. The van der Waals surface area contributed by atoms with Gasteiger partial charge < -0.3 is 13.5 Å². The Morgan fingerprint density at radius 2 is 0.927 bits per heavy atom. The fraction of sp³-hybridized carbons (Fsp3) is 0. The zero-order chi connectivity index (χ0) is 26.7. The van der Waals surface area contributed by atoms with Gasteiger partial charge in [0.1, 0.15) is 0 Å². The van der Waals surface area contributed by atoms with Crippen LogP contribution in [0, 0.1) is 0 Å². The molecule has 6 aromatic carbocycles. The molecule has 0 amide bonds. The first-order valence-corrected chi connectivity index (χ1v) is 14.1. The van der Waals surface area contributed by atoms with Gasteiger partial charge in [-0.2, -0.15) is 0 Å². The van der Waals surface area contributed by atoms with Crippen molar-refractivity contribution < 1.29 is 0 Å². The van der Waals surface area contributed by atoms with Crippen molar-refractivity contribution in [2.45, 2.75) is 0 Å². The highest BCUT2D eigenvalue weighted by Crippen LogP contribution is 2.46. The summed E-state index contributed by atoms with van der Waals surface area (Å²) in [4.78, 5) is 0. The van der Waals surface area contributed by atoms with Gasteiger partial charge in [-0.3, -0.25) is 0 Å². The van der Waals surface area contributed by atoms with Gasteiger partial charge in [0, 0.05) is 55.3 Å². The van der Waals surface area contributed by atoms with E-state index in [0.29, 0.717) is 0 Å². The first-order valence-electron chi connectivity index (χ1n) is 14.1. The van der Waals surface area contributed by atoms with Gasteiger partial charge >= 0.3 is 0 Å². The molecule has 0 bridgehead atoms. The highest BCUT2D eigenvalue weighted by molar-refractivity contribution is 6.33. The molecule has 4 aromatic heterocycles. The third-order valence-corrected chi connectivity index (χ3v) is 8.95. The summed E-state index contributed by atoms with van der Waals surface area (Å²) in [5, 5.41) is 8.99. The minimum atomic E-state index is 1.18. The molecule has 4 heterocycles. The molecule has 0 unspecified atom stereocenters. The molecular formula is C38H23N3. The molecule has 10 aromatic rings. The van der Waals surface area contributed by atoms with E-state index in [1.165, 1.54) is 82.2 Å². The monoisotopic (exact) mass is 521 g/mol. The Balaban J connectivity index is 1.51. The van der Waals surface area contributed by atoms with Gasteiger partial charge in [0.05, 0.1) is 33.1 Å². The van der Waals surface area contributed by atoms with Crippen molar-refractivity contribution in [3.63, 3.8) is 0 Å². The lowest BCUT2D eigenvalue weighted by molar-refractivity contribution is 1.17. The van der Waals surface area contributed by atoms with E-state index in [4.69, 9.17) is 0 Å². The van der Waals surface area contributed by atoms with Crippen LogP contribution in [0.5, 0.6) is 0 Å². The Bertz CT molecular complexity index is 2610. The van der Waals surface area contributed by atoms with Crippen LogP contribution >= 0.6 is 0 Å². The molecule has 41 heavy (non-hydrogen) atoms. The minimum Gasteiger partial charge on any atom is -0.313 e. The molecule has 0 spiro atoms. The van der Waals surface area contributed by atoms with Crippen molar-refractivity contribution in [2.75, 3.05) is 0 Å². The molecule has 10 rings (SSSR count). The molecule has 0 aliphatic rings. The van der Waals surface area contributed by atoms with Crippen molar-refractivity contribution in [3.8, 4) is 11.4 Å². The fourth-order valence-corrected chi connectivity index (χ4v) is 7.37. The third-order valence-electron chi connectivity index (χ3n) is 8.95. The average Bonchev–Trinajstić information content (AvgIpc) is 3.78.